The number of nitrogens with zero attached hydrogens (tertiary/aromatic N) is 2. The van der Waals surface area contributed by atoms with Gasteiger partial charge in [0.05, 0.1) is 0 Å². The lowest BCUT2D eigenvalue weighted by atomic mass is 10.1. The number of hydrogen-bond donors (Lipinski definition) is 0. The molecule has 0 radical (unpaired) electrons. The van der Waals surface area contributed by atoms with Crippen LogP contribution in [0.3, 0.4) is 0 Å². The summed E-state index contributed by atoms with van der Waals surface area (Å²) in [7, 11) is 0. The Bertz CT molecular complexity index is 446. The van der Waals surface area contributed by atoms with Crippen LogP contribution in [0, 0.1) is 11.3 Å². The third-order valence-corrected chi connectivity index (χ3v) is 1.64. The number of aromatic nitrogens is 1. The summed E-state index contributed by atoms with van der Waals surface area (Å²) in [4.78, 5) is 14.0. The predicted octanol–water partition coefficient (Wildman–Crippen LogP) is 2.17. The number of halogens is 3. The van der Waals surface area contributed by atoms with Gasteiger partial charge in [-0.05, 0) is 19.1 Å². The van der Waals surface area contributed by atoms with E-state index in [4.69, 9.17) is 5.26 Å². The van der Waals surface area contributed by atoms with Crippen molar-refractivity contribution in [2.24, 2.45) is 0 Å². The molecule has 0 aliphatic rings. The molecule has 0 aromatic carbocycles. The zero-order valence-electron chi connectivity index (χ0n) is 7.59. The number of rotatable bonds is 1. The van der Waals surface area contributed by atoms with Crippen LogP contribution in [0.25, 0.3) is 0 Å². The number of Topliss-reactive ketones (excluding diaryl/α,β-unsaturated/α-hetero) is 1. The Labute approximate surface area is 83.2 Å². The fourth-order valence-corrected chi connectivity index (χ4v) is 0.936. The Morgan fingerprint density at radius 2 is 2.07 bits per heavy atom. The number of hydrogen-bond acceptors (Lipinski definition) is 3. The average Bonchev–Trinajstić information content (AvgIpc) is 2.15. The zero-order chi connectivity index (χ0) is 11.6. The van der Waals surface area contributed by atoms with Gasteiger partial charge in [0.2, 0.25) is 0 Å². The molecule has 0 spiro atoms. The lowest BCUT2D eigenvalue weighted by molar-refractivity contribution is -0.141. The minimum Gasteiger partial charge on any atom is -0.295 e. The van der Waals surface area contributed by atoms with Crippen LogP contribution >= 0.6 is 0 Å². The fraction of sp³-hybridized carbons (Fsp3) is 0.222. The van der Waals surface area contributed by atoms with Crippen molar-refractivity contribution >= 4 is 5.78 Å². The lowest BCUT2D eigenvalue weighted by Gasteiger charge is -2.06. The van der Waals surface area contributed by atoms with Gasteiger partial charge in [0.1, 0.15) is 17.5 Å². The second-order valence-corrected chi connectivity index (χ2v) is 2.79. The number of alkyl halides is 3. The molecule has 15 heavy (non-hydrogen) atoms. The molecular formula is C9H5F3N2O. The van der Waals surface area contributed by atoms with Gasteiger partial charge in [-0.25, -0.2) is 4.98 Å². The van der Waals surface area contributed by atoms with E-state index in [-0.39, 0.29) is 5.56 Å². The highest BCUT2D eigenvalue weighted by Crippen LogP contribution is 2.28. The van der Waals surface area contributed by atoms with Crippen molar-refractivity contribution in [3.8, 4) is 6.07 Å². The van der Waals surface area contributed by atoms with Crippen molar-refractivity contribution in [3.05, 3.63) is 29.1 Å². The fourth-order valence-electron chi connectivity index (χ4n) is 0.936. The van der Waals surface area contributed by atoms with E-state index >= 15 is 0 Å². The molecule has 0 fully saturated rings. The van der Waals surface area contributed by atoms with Crippen LogP contribution < -0.4 is 0 Å². The molecule has 6 heteroatoms. The topological polar surface area (TPSA) is 53.8 Å². The first-order valence-corrected chi connectivity index (χ1v) is 3.85. The predicted molar refractivity (Wildman–Crippen MR) is 44.0 cm³/mol. The van der Waals surface area contributed by atoms with Crippen molar-refractivity contribution in [2.75, 3.05) is 0 Å². The molecule has 3 nitrogen and oxygen atoms in total. The highest BCUT2D eigenvalue weighted by atomic mass is 19.4. The Morgan fingerprint density at radius 3 is 2.47 bits per heavy atom. The Morgan fingerprint density at radius 1 is 1.47 bits per heavy atom. The molecular weight excluding hydrogens is 209 g/mol. The summed E-state index contributed by atoms with van der Waals surface area (Å²) < 4.78 is 36.8. The van der Waals surface area contributed by atoms with Crippen molar-refractivity contribution in [1.82, 2.24) is 4.98 Å². The van der Waals surface area contributed by atoms with E-state index in [1.807, 2.05) is 0 Å². The SMILES string of the molecule is CC(=O)c1cc(C#N)nc(C(F)(F)F)c1. The first-order valence-electron chi connectivity index (χ1n) is 3.85. The van der Waals surface area contributed by atoms with Gasteiger partial charge in [-0.1, -0.05) is 0 Å². The van der Waals surface area contributed by atoms with E-state index in [0.29, 0.717) is 6.07 Å². The molecule has 0 aliphatic heterocycles. The number of nitriles is 1. The van der Waals surface area contributed by atoms with Crippen molar-refractivity contribution in [3.63, 3.8) is 0 Å². The van der Waals surface area contributed by atoms with E-state index in [1.165, 1.54) is 6.07 Å². The summed E-state index contributed by atoms with van der Waals surface area (Å²) in [5, 5.41) is 8.44. The summed E-state index contributed by atoms with van der Waals surface area (Å²) in [6.07, 6.45) is -4.66. The lowest BCUT2D eigenvalue weighted by Crippen LogP contribution is -2.10. The van der Waals surface area contributed by atoms with Gasteiger partial charge >= 0.3 is 6.18 Å². The quantitative estimate of drug-likeness (QED) is 0.673. The molecule has 0 unspecified atom stereocenters. The van der Waals surface area contributed by atoms with Gasteiger partial charge in [0, 0.05) is 5.56 Å². The summed E-state index contributed by atoms with van der Waals surface area (Å²) >= 11 is 0. The third-order valence-electron chi connectivity index (χ3n) is 1.64. The molecule has 1 aromatic rings. The van der Waals surface area contributed by atoms with Gasteiger partial charge < -0.3 is 0 Å². The second-order valence-electron chi connectivity index (χ2n) is 2.79. The average molecular weight is 214 g/mol. The maximum Gasteiger partial charge on any atom is 0.433 e. The molecule has 0 aliphatic carbocycles. The maximum absolute atomic E-state index is 12.3. The standard InChI is InChI=1S/C9H5F3N2O/c1-5(15)6-2-7(4-13)14-8(3-6)9(10,11)12/h2-3H,1H3. The number of pyridine rings is 1. The van der Waals surface area contributed by atoms with Crippen molar-refractivity contribution in [2.45, 2.75) is 13.1 Å². The van der Waals surface area contributed by atoms with Gasteiger partial charge in [-0.2, -0.15) is 18.4 Å². The maximum atomic E-state index is 12.3. The van der Waals surface area contributed by atoms with E-state index < -0.39 is 23.3 Å². The minimum absolute atomic E-state index is 0.172. The van der Waals surface area contributed by atoms with Crippen LogP contribution in [-0.4, -0.2) is 10.8 Å². The van der Waals surface area contributed by atoms with E-state index in [0.717, 1.165) is 13.0 Å². The largest absolute Gasteiger partial charge is 0.433 e. The molecule has 0 amide bonds. The first kappa shape index (κ1) is 11.2. The Balaban J connectivity index is 3.38. The van der Waals surface area contributed by atoms with Crippen LogP contribution in [0.15, 0.2) is 12.1 Å². The minimum atomic E-state index is -4.66. The Kier molecular flexibility index (Phi) is 2.75. The molecule has 0 atom stereocenters. The number of carbonyl (C=O) groups is 1. The van der Waals surface area contributed by atoms with Crippen molar-refractivity contribution < 1.29 is 18.0 Å². The summed E-state index contributed by atoms with van der Waals surface area (Å²) in [5.74, 6) is -0.542. The molecule has 0 saturated heterocycles. The van der Waals surface area contributed by atoms with Crippen LogP contribution in [0.1, 0.15) is 28.7 Å². The highest BCUT2D eigenvalue weighted by molar-refractivity contribution is 5.94. The molecule has 0 saturated carbocycles. The molecule has 0 N–H and O–H groups in total. The van der Waals surface area contributed by atoms with E-state index in [1.54, 1.807) is 0 Å². The molecule has 0 bridgehead atoms. The van der Waals surface area contributed by atoms with Crippen LogP contribution in [-0.2, 0) is 6.18 Å². The normalized spacial score (nSPS) is 10.9. The van der Waals surface area contributed by atoms with E-state index in [9.17, 15) is 18.0 Å². The van der Waals surface area contributed by atoms with Gasteiger partial charge in [0.25, 0.3) is 0 Å². The number of ketones is 1. The second kappa shape index (κ2) is 3.69. The molecule has 1 heterocycles. The van der Waals surface area contributed by atoms with E-state index in [2.05, 4.69) is 4.98 Å². The van der Waals surface area contributed by atoms with Crippen molar-refractivity contribution in [1.29, 1.82) is 5.26 Å². The summed E-state index contributed by atoms with van der Waals surface area (Å²) in [6, 6.07) is 3.12. The molecule has 1 aromatic heterocycles. The zero-order valence-corrected chi connectivity index (χ0v) is 7.59. The summed E-state index contributed by atoms with van der Waals surface area (Å²) in [6.45, 7) is 1.12. The Hall–Kier alpha value is -1.90. The van der Waals surface area contributed by atoms with Crippen LogP contribution in [0.4, 0.5) is 13.2 Å². The van der Waals surface area contributed by atoms with Gasteiger partial charge in [0.15, 0.2) is 5.78 Å². The molecule has 1 rings (SSSR count). The monoisotopic (exact) mass is 214 g/mol. The van der Waals surface area contributed by atoms with Crippen LogP contribution in [0.5, 0.6) is 0 Å². The molecule has 78 valence electrons. The van der Waals surface area contributed by atoms with Gasteiger partial charge in [-0.15, -0.1) is 0 Å². The smallest absolute Gasteiger partial charge is 0.295 e. The number of carbonyl (C=O) groups excluding carboxylic acids is 1. The first-order chi connectivity index (χ1) is 6.84. The van der Waals surface area contributed by atoms with Crippen LogP contribution in [0.2, 0.25) is 0 Å². The van der Waals surface area contributed by atoms with Gasteiger partial charge in [-0.3, -0.25) is 4.79 Å². The third kappa shape index (κ3) is 2.53. The summed E-state index contributed by atoms with van der Waals surface area (Å²) in [5.41, 5.74) is -1.82. The highest BCUT2D eigenvalue weighted by Gasteiger charge is 2.33.